The third kappa shape index (κ3) is 5.68. The summed E-state index contributed by atoms with van der Waals surface area (Å²) in [5.74, 6) is -0.983. The van der Waals surface area contributed by atoms with E-state index in [0.717, 1.165) is 18.2 Å². The zero-order valence-electron chi connectivity index (χ0n) is 16.8. The van der Waals surface area contributed by atoms with Crippen LogP contribution in [0.2, 0.25) is 0 Å². The Hall–Kier alpha value is -3.24. The number of benzene rings is 2. The number of hydrogen-bond acceptors (Lipinski definition) is 5. The van der Waals surface area contributed by atoms with Gasteiger partial charge in [-0.3, -0.25) is 14.3 Å². The molecule has 0 saturated carbocycles. The Morgan fingerprint density at radius 2 is 1.87 bits per heavy atom. The van der Waals surface area contributed by atoms with Gasteiger partial charge in [0, 0.05) is 42.4 Å². The van der Waals surface area contributed by atoms with Crippen molar-refractivity contribution in [2.75, 3.05) is 24.5 Å². The number of rotatable bonds is 9. The van der Waals surface area contributed by atoms with Crippen molar-refractivity contribution in [3.8, 4) is 0 Å². The number of hydrogen-bond donors (Lipinski definition) is 3. The van der Waals surface area contributed by atoms with Gasteiger partial charge in [0.05, 0.1) is 10.5 Å². The first kappa shape index (κ1) is 22.4. The lowest BCUT2D eigenvalue weighted by Gasteiger charge is -2.11. The van der Waals surface area contributed by atoms with Crippen LogP contribution in [0.4, 0.5) is 10.1 Å². The van der Waals surface area contributed by atoms with E-state index in [-0.39, 0.29) is 21.5 Å². The number of halogens is 1. The minimum atomic E-state index is -4.01. The molecule has 3 rings (SSSR count). The molecule has 31 heavy (non-hydrogen) atoms. The molecular weight excluding hydrogens is 425 g/mol. The van der Waals surface area contributed by atoms with Crippen LogP contribution >= 0.6 is 0 Å². The van der Waals surface area contributed by atoms with Gasteiger partial charge in [0.1, 0.15) is 5.82 Å². The fraction of sp³-hybridized carbons (Fsp3) is 0.238. The van der Waals surface area contributed by atoms with Gasteiger partial charge >= 0.3 is 0 Å². The molecule has 3 aromatic rings. The third-order valence-electron chi connectivity index (χ3n) is 4.42. The van der Waals surface area contributed by atoms with Crippen molar-refractivity contribution >= 4 is 32.5 Å². The van der Waals surface area contributed by atoms with E-state index in [1.54, 1.807) is 0 Å². The maximum Gasteiger partial charge on any atom is 0.261 e. The predicted octanol–water partition coefficient (Wildman–Crippen LogP) is 2.62. The molecule has 164 valence electrons. The first-order valence-electron chi connectivity index (χ1n) is 9.61. The molecule has 10 heteroatoms. The number of sulfonamides is 1. The quantitative estimate of drug-likeness (QED) is 0.436. The number of anilines is 1. The van der Waals surface area contributed by atoms with Crippen molar-refractivity contribution in [1.82, 2.24) is 10.3 Å². The highest BCUT2D eigenvalue weighted by atomic mass is 32.2. The van der Waals surface area contributed by atoms with Gasteiger partial charge in [-0.15, -0.1) is 0 Å². The summed E-state index contributed by atoms with van der Waals surface area (Å²) in [6.07, 6.45) is 0.599. The van der Waals surface area contributed by atoms with Gasteiger partial charge in [-0.25, -0.2) is 12.8 Å². The van der Waals surface area contributed by atoms with Crippen LogP contribution in [0.1, 0.15) is 23.7 Å². The van der Waals surface area contributed by atoms with Crippen LogP contribution in [0, 0.1) is 5.82 Å². The van der Waals surface area contributed by atoms with Crippen molar-refractivity contribution in [3.63, 3.8) is 0 Å². The number of aromatic amines is 1. The van der Waals surface area contributed by atoms with Crippen molar-refractivity contribution in [1.29, 1.82) is 0 Å². The fourth-order valence-corrected chi connectivity index (χ4v) is 4.02. The van der Waals surface area contributed by atoms with Gasteiger partial charge < -0.3 is 15.0 Å². The van der Waals surface area contributed by atoms with E-state index in [0.29, 0.717) is 31.7 Å². The van der Waals surface area contributed by atoms with Gasteiger partial charge in [0.15, 0.2) is 0 Å². The Labute approximate surface area is 178 Å². The highest BCUT2D eigenvalue weighted by Crippen LogP contribution is 2.22. The predicted molar refractivity (Wildman–Crippen MR) is 115 cm³/mol. The molecule has 3 N–H and O–H groups in total. The van der Waals surface area contributed by atoms with Crippen molar-refractivity contribution < 1.29 is 22.3 Å². The molecule has 8 nitrogen and oxygen atoms in total. The first-order valence-corrected chi connectivity index (χ1v) is 11.1. The third-order valence-corrected chi connectivity index (χ3v) is 5.80. The number of ether oxygens (including phenoxy) is 1. The number of amides is 1. The van der Waals surface area contributed by atoms with Crippen molar-refractivity contribution in [2.45, 2.75) is 18.2 Å². The average molecular weight is 447 g/mol. The van der Waals surface area contributed by atoms with E-state index in [2.05, 4.69) is 15.0 Å². The van der Waals surface area contributed by atoms with Gasteiger partial charge in [-0.05, 0) is 55.8 Å². The highest BCUT2D eigenvalue weighted by Gasteiger charge is 2.18. The minimum Gasteiger partial charge on any atom is -0.382 e. The average Bonchev–Trinajstić information content (AvgIpc) is 2.74. The first-order chi connectivity index (χ1) is 14.8. The fourth-order valence-electron chi connectivity index (χ4n) is 2.94. The molecule has 0 bridgehead atoms. The summed E-state index contributed by atoms with van der Waals surface area (Å²) < 4.78 is 46.2. The van der Waals surface area contributed by atoms with Crippen molar-refractivity contribution in [3.05, 3.63) is 70.3 Å². The standard InChI is InChI=1S/C21H22FN3O5S/c1-2-30-11-3-10-23-21(27)18-13-20(26)24-19-9-8-16(12-17(18)19)31(28,29)25-15-6-4-14(22)5-7-15/h4-9,12-13,25H,2-3,10-11H2,1H3,(H,23,27)(H,24,26). The van der Waals surface area contributed by atoms with Crippen LogP contribution < -0.4 is 15.6 Å². The molecule has 0 aliphatic carbocycles. The second-order valence-corrected chi connectivity index (χ2v) is 8.36. The monoisotopic (exact) mass is 447 g/mol. The summed E-state index contributed by atoms with van der Waals surface area (Å²) in [4.78, 5) is 27.1. The number of aromatic nitrogens is 1. The van der Waals surface area contributed by atoms with E-state index in [1.807, 2.05) is 6.92 Å². The summed E-state index contributed by atoms with van der Waals surface area (Å²) in [7, 11) is -4.01. The van der Waals surface area contributed by atoms with E-state index in [1.165, 1.54) is 30.3 Å². The number of carbonyl (C=O) groups excluding carboxylic acids is 1. The number of nitrogens with one attached hydrogen (secondary N) is 3. The normalized spacial score (nSPS) is 11.4. The Kier molecular flexibility index (Phi) is 7.03. The molecule has 0 aliphatic rings. The molecule has 0 atom stereocenters. The molecule has 0 aliphatic heterocycles. The van der Waals surface area contributed by atoms with Crippen LogP contribution in [0.15, 0.2) is 58.2 Å². The van der Waals surface area contributed by atoms with Crippen molar-refractivity contribution in [2.24, 2.45) is 0 Å². The smallest absolute Gasteiger partial charge is 0.261 e. The maximum absolute atomic E-state index is 13.1. The molecule has 0 radical (unpaired) electrons. The molecule has 2 aromatic carbocycles. The summed E-state index contributed by atoms with van der Waals surface area (Å²) in [6, 6.07) is 10.0. The van der Waals surface area contributed by atoms with E-state index in [9.17, 15) is 22.4 Å². The Bertz CT molecular complexity index is 1240. The van der Waals surface area contributed by atoms with Crippen LogP contribution in [0.3, 0.4) is 0 Å². The maximum atomic E-state index is 13.1. The molecule has 0 unspecified atom stereocenters. The van der Waals surface area contributed by atoms with Crippen LogP contribution in [-0.4, -0.2) is 39.1 Å². The Morgan fingerprint density at radius 3 is 2.58 bits per heavy atom. The van der Waals surface area contributed by atoms with Gasteiger partial charge in [0.25, 0.3) is 15.9 Å². The molecule has 0 fully saturated rings. The summed E-state index contributed by atoms with van der Waals surface area (Å²) in [6.45, 7) is 3.29. The largest absolute Gasteiger partial charge is 0.382 e. The summed E-state index contributed by atoms with van der Waals surface area (Å²) in [5.41, 5.74) is 0.101. The Balaban J connectivity index is 1.90. The lowest BCUT2D eigenvalue weighted by atomic mass is 10.1. The molecule has 0 saturated heterocycles. The molecule has 1 amide bonds. The Morgan fingerprint density at radius 1 is 1.13 bits per heavy atom. The lowest BCUT2D eigenvalue weighted by molar-refractivity contribution is 0.0945. The van der Waals surface area contributed by atoms with Gasteiger partial charge in [0.2, 0.25) is 5.56 Å². The number of carbonyl (C=O) groups is 1. The molecule has 1 aromatic heterocycles. The van der Waals surface area contributed by atoms with E-state index < -0.39 is 27.3 Å². The lowest BCUT2D eigenvalue weighted by Crippen LogP contribution is -2.27. The van der Waals surface area contributed by atoms with E-state index in [4.69, 9.17) is 4.74 Å². The zero-order valence-corrected chi connectivity index (χ0v) is 17.6. The van der Waals surface area contributed by atoms with Gasteiger partial charge in [-0.1, -0.05) is 0 Å². The summed E-state index contributed by atoms with van der Waals surface area (Å²) in [5, 5.41) is 2.99. The number of pyridine rings is 1. The van der Waals surface area contributed by atoms with Crippen LogP contribution in [0.25, 0.3) is 10.9 Å². The van der Waals surface area contributed by atoms with E-state index >= 15 is 0 Å². The topological polar surface area (TPSA) is 117 Å². The van der Waals surface area contributed by atoms with Crippen LogP contribution in [0.5, 0.6) is 0 Å². The minimum absolute atomic E-state index is 0.0639. The number of H-pyrrole nitrogens is 1. The summed E-state index contributed by atoms with van der Waals surface area (Å²) >= 11 is 0. The van der Waals surface area contributed by atoms with Crippen LogP contribution in [-0.2, 0) is 14.8 Å². The van der Waals surface area contributed by atoms with Gasteiger partial charge in [-0.2, -0.15) is 0 Å². The SMILES string of the molecule is CCOCCCNC(=O)c1cc(=O)[nH]c2ccc(S(=O)(=O)Nc3ccc(F)cc3)cc12. The second kappa shape index (κ2) is 9.71. The second-order valence-electron chi connectivity index (χ2n) is 6.67. The number of fused-ring (bicyclic) bond motifs is 1. The molecular formula is C21H22FN3O5S. The highest BCUT2D eigenvalue weighted by molar-refractivity contribution is 7.92. The zero-order chi connectivity index (χ0) is 22.4. The molecule has 1 heterocycles. The molecule has 0 spiro atoms.